The minimum absolute atomic E-state index is 0.0837. The molecule has 0 radical (unpaired) electrons. The summed E-state index contributed by atoms with van der Waals surface area (Å²) in [7, 11) is 1.63. The molecule has 0 aliphatic heterocycles. The number of rotatable bonds is 3. The first-order valence-electron chi connectivity index (χ1n) is 6.92. The Balaban J connectivity index is 2.00. The van der Waals surface area contributed by atoms with Crippen LogP contribution < -0.4 is 5.32 Å². The lowest BCUT2D eigenvalue weighted by Gasteiger charge is -2.02. The summed E-state index contributed by atoms with van der Waals surface area (Å²) in [6.07, 6.45) is 0.749. The second kappa shape index (κ2) is 5.40. The van der Waals surface area contributed by atoms with Gasteiger partial charge >= 0.3 is 0 Å². The van der Waals surface area contributed by atoms with Crippen LogP contribution in [-0.4, -0.2) is 23.2 Å². The van der Waals surface area contributed by atoms with E-state index in [2.05, 4.69) is 46.7 Å². The highest BCUT2D eigenvalue weighted by atomic mass is 16.1. The number of H-pyrrole nitrogens is 1. The van der Waals surface area contributed by atoms with Crippen molar-refractivity contribution in [3.8, 4) is 0 Å². The van der Waals surface area contributed by atoms with E-state index in [1.807, 2.05) is 12.1 Å². The molecule has 3 rings (SSSR count). The van der Waals surface area contributed by atoms with Crippen LogP contribution in [0.3, 0.4) is 0 Å². The molecule has 3 aromatic rings. The van der Waals surface area contributed by atoms with Gasteiger partial charge in [0.1, 0.15) is 0 Å². The van der Waals surface area contributed by atoms with Gasteiger partial charge in [0.15, 0.2) is 0 Å². The molecule has 0 unspecified atom stereocenters. The Morgan fingerprint density at radius 3 is 2.86 bits per heavy atom. The van der Waals surface area contributed by atoms with E-state index in [1.165, 1.54) is 11.1 Å². The normalized spacial score (nSPS) is 10.8. The highest BCUT2D eigenvalue weighted by molar-refractivity contribution is 5.98. The summed E-state index contributed by atoms with van der Waals surface area (Å²) in [5.41, 5.74) is 5.01. The molecule has 4 nitrogen and oxygen atoms in total. The fourth-order valence-corrected chi connectivity index (χ4v) is 2.50. The highest BCUT2D eigenvalue weighted by Crippen LogP contribution is 2.20. The topological polar surface area (TPSA) is 57.8 Å². The van der Waals surface area contributed by atoms with Gasteiger partial charge in [0.05, 0.1) is 11.2 Å². The molecule has 0 spiro atoms. The van der Waals surface area contributed by atoms with Gasteiger partial charge < -0.3 is 5.32 Å². The first kappa shape index (κ1) is 13.4. The van der Waals surface area contributed by atoms with Gasteiger partial charge in [-0.3, -0.25) is 9.89 Å². The number of nitrogens with one attached hydrogen (secondary N) is 2. The summed E-state index contributed by atoms with van der Waals surface area (Å²) in [4.78, 5) is 11.8. The second-order valence-corrected chi connectivity index (χ2v) is 5.18. The van der Waals surface area contributed by atoms with Crippen LogP contribution >= 0.6 is 0 Å². The molecular formula is C17H17N3O. The molecule has 0 fully saturated rings. The third-order valence-corrected chi connectivity index (χ3v) is 3.59. The van der Waals surface area contributed by atoms with Crippen molar-refractivity contribution >= 4 is 16.8 Å². The van der Waals surface area contributed by atoms with E-state index in [9.17, 15) is 4.79 Å². The van der Waals surface area contributed by atoms with Crippen molar-refractivity contribution in [2.24, 2.45) is 0 Å². The van der Waals surface area contributed by atoms with E-state index in [4.69, 9.17) is 0 Å². The Labute approximate surface area is 123 Å². The number of fused-ring (bicyclic) bond motifs is 1. The highest BCUT2D eigenvalue weighted by Gasteiger charge is 2.10. The first-order valence-corrected chi connectivity index (χ1v) is 6.92. The molecule has 0 saturated heterocycles. The zero-order chi connectivity index (χ0) is 14.8. The maximum absolute atomic E-state index is 11.8. The number of benzene rings is 2. The summed E-state index contributed by atoms with van der Waals surface area (Å²) < 4.78 is 0. The molecule has 0 aliphatic carbocycles. The minimum atomic E-state index is -0.0837. The van der Waals surface area contributed by atoms with Crippen molar-refractivity contribution in [2.75, 3.05) is 7.05 Å². The maximum atomic E-state index is 11.8. The average molecular weight is 279 g/mol. The van der Waals surface area contributed by atoms with Crippen LogP contribution in [0.15, 0.2) is 42.5 Å². The van der Waals surface area contributed by atoms with Crippen molar-refractivity contribution in [1.29, 1.82) is 0 Å². The third-order valence-electron chi connectivity index (χ3n) is 3.59. The Hall–Kier alpha value is -2.62. The molecule has 0 bridgehead atoms. The van der Waals surface area contributed by atoms with Crippen molar-refractivity contribution in [3.63, 3.8) is 0 Å². The monoisotopic (exact) mass is 279 g/mol. The van der Waals surface area contributed by atoms with E-state index in [0.29, 0.717) is 5.56 Å². The molecule has 0 atom stereocenters. The zero-order valence-electron chi connectivity index (χ0n) is 12.1. The molecule has 106 valence electrons. The fraction of sp³-hybridized carbons (Fsp3) is 0.176. The molecule has 0 saturated carbocycles. The number of nitrogens with zero attached hydrogens (tertiary/aromatic N) is 1. The van der Waals surface area contributed by atoms with Crippen LogP contribution in [0.2, 0.25) is 0 Å². The lowest BCUT2D eigenvalue weighted by molar-refractivity contribution is 0.0963. The average Bonchev–Trinajstić information content (AvgIpc) is 2.89. The quantitative estimate of drug-likeness (QED) is 0.774. The van der Waals surface area contributed by atoms with Crippen LogP contribution in [0.25, 0.3) is 10.9 Å². The van der Waals surface area contributed by atoms with Gasteiger partial charge in [-0.2, -0.15) is 5.10 Å². The summed E-state index contributed by atoms with van der Waals surface area (Å²) in [5, 5.41) is 11.1. The number of amides is 1. The number of aromatic nitrogens is 2. The second-order valence-electron chi connectivity index (χ2n) is 5.18. The van der Waals surface area contributed by atoms with Crippen LogP contribution in [-0.2, 0) is 6.42 Å². The van der Waals surface area contributed by atoms with Crippen molar-refractivity contribution in [1.82, 2.24) is 15.5 Å². The van der Waals surface area contributed by atoms with Crippen molar-refractivity contribution in [3.05, 3.63) is 64.8 Å². The Morgan fingerprint density at radius 2 is 2.10 bits per heavy atom. The summed E-state index contributed by atoms with van der Waals surface area (Å²) in [6.45, 7) is 2.08. The zero-order valence-corrected chi connectivity index (χ0v) is 12.1. The number of hydrogen-bond acceptors (Lipinski definition) is 2. The summed E-state index contributed by atoms with van der Waals surface area (Å²) in [6, 6.07) is 14.0. The third kappa shape index (κ3) is 2.65. The van der Waals surface area contributed by atoms with Gasteiger partial charge in [0, 0.05) is 24.4 Å². The van der Waals surface area contributed by atoms with Gasteiger partial charge in [-0.05, 0) is 30.7 Å². The molecule has 2 N–H and O–H groups in total. The van der Waals surface area contributed by atoms with Crippen LogP contribution in [0.1, 0.15) is 27.2 Å². The van der Waals surface area contributed by atoms with Gasteiger partial charge in [-0.15, -0.1) is 0 Å². The van der Waals surface area contributed by atoms with Crippen LogP contribution in [0, 0.1) is 6.92 Å². The molecule has 0 aliphatic rings. The molecular weight excluding hydrogens is 262 g/mol. The molecule has 21 heavy (non-hydrogen) atoms. The predicted molar refractivity (Wildman–Crippen MR) is 83.5 cm³/mol. The smallest absolute Gasteiger partial charge is 0.251 e. The number of aryl methyl sites for hydroxylation is 1. The van der Waals surface area contributed by atoms with E-state index in [-0.39, 0.29) is 5.91 Å². The maximum Gasteiger partial charge on any atom is 0.251 e. The van der Waals surface area contributed by atoms with E-state index in [0.717, 1.165) is 23.0 Å². The van der Waals surface area contributed by atoms with E-state index >= 15 is 0 Å². The molecule has 1 aromatic heterocycles. The van der Waals surface area contributed by atoms with Crippen molar-refractivity contribution < 1.29 is 4.79 Å². The molecule has 1 heterocycles. The molecule has 2 aromatic carbocycles. The lowest BCUT2D eigenvalue weighted by atomic mass is 10.0. The summed E-state index contributed by atoms with van der Waals surface area (Å²) in [5.74, 6) is -0.0837. The summed E-state index contributed by atoms with van der Waals surface area (Å²) >= 11 is 0. The van der Waals surface area contributed by atoms with Gasteiger partial charge in [-0.1, -0.05) is 29.8 Å². The Kier molecular flexibility index (Phi) is 3.44. The van der Waals surface area contributed by atoms with Gasteiger partial charge in [0.2, 0.25) is 0 Å². The minimum Gasteiger partial charge on any atom is -0.355 e. The van der Waals surface area contributed by atoms with E-state index < -0.39 is 0 Å². The van der Waals surface area contributed by atoms with E-state index in [1.54, 1.807) is 13.1 Å². The number of carbonyl (C=O) groups is 1. The van der Waals surface area contributed by atoms with Crippen molar-refractivity contribution in [2.45, 2.75) is 13.3 Å². The lowest BCUT2D eigenvalue weighted by Crippen LogP contribution is -2.17. The Morgan fingerprint density at radius 1 is 1.24 bits per heavy atom. The predicted octanol–water partition coefficient (Wildman–Crippen LogP) is 2.82. The van der Waals surface area contributed by atoms with Gasteiger partial charge in [-0.25, -0.2) is 0 Å². The molecule has 1 amide bonds. The standard InChI is InChI=1S/C17H17N3O/c1-11-4-3-5-12(8-11)9-16-14-10-13(17(21)18-2)6-7-15(14)19-20-16/h3-8,10H,9H2,1-2H3,(H,18,21)(H,19,20). The number of aromatic amines is 1. The Bertz CT molecular complexity index is 805. The number of carbonyl (C=O) groups excluding carboxylic acids is 1. The SMILES string of the molecule is CNC(=O)c1ccc2[nH]nc(Cc3cccc(C)c3)c2c1. The molecule has 4 heteroatoms. The van der Waals surface area contributed by atoms with Crippen LogP contribution in [0.5, 0.6) is 0 Å². The van der Waals surface area contributed by atoms with Gasteiger partial charge in [0.25, 0.3) is 5.91 Å². The number of hydrogen-bond donors (Lipinski definition) is 2. The van der Waals surface area contributed by atoms with Crippen LogP contribution in [0.4, 0.5) is 0 Å². The fourth-order valence-electron chi connectivity index (χ4n) is 2.50. The first-order chi connectivity index (χ1) is 10.2. The largest absolute Gasteiger partial charge is 0.355 e.